The molecule has 1 heterocycles. The van der Waals surface area contributed by atoms with Gasteiger partial charge in [0, 0.05) is 17.5 Å². The van der Waals surface area contributed by atoms with Crippen LogP contribution in [-0.4, -0.2) is 21.2 Å². The number of ketones is 1. The first-order valence-corrected chi connectivity index (χ1v) is 4.66. The average molecular weight is 197 g/mol. The summed E-state index contributed by atoms with van der Waals surface area (Å²) in [6.07, 6.45) is 2.32. The molecule has 0 unspecified atom stereocenters. The summed E-state index contributed by atoms with van der Waals surface area (Å²) in [4.78, 5) is 12.0. The predicted octanol–water partition coefficient (Wildman–Crippen LogP) is 1.01. The SMILES string of the molecule is O=C1c2ccccc2Cc2cnnnc21. The highest BCUT2D eigenvalue weighted by atomic mass is 16.1. The van der Waals surface area contributed by atoms with Crippen LogP contribution in [0.2, 0.25) is 0 Å². The third kappa shape index (κ3) is 1.15. The van der Waals surface area contributed by atoms with Gasteiger partial charge in [-0.25, -0.2) is 0 Å². The van der Waals surface area contributed by atoms with Crippen LogP contribution in [-0.2, 0) is 6.42 Å². The number of rotatable bonds is 0. The van der Waals surface area contributed by atoms with Crippen LogP contribution in [0.4, 0.5) is 0 Å². The fourth-order valence-corrected chi connectivity index (χ4v) is 1.84. The monoisotopic (exact) mass is 197 g/mol. The lowest BCUT2D eigenvalue weighted by atomic mass is 9.89. The Morgan fingerprint density at radius 1 is 1.13 bits per heavy atom. The molecule has 0 bridgehead atoms. The molecular formula is C11H7N3O. The lowest BCUT2D eigenvalue weighted by Gasteiger charge is -2.15. The van der Waals surface area contributed by atoms with Crippen LogP contribution in [0.1, 0.15) is 27.2 Å². The van der Waals surface area contributed by atoms with Gasteiger partial charge in [-0.1, -0.05) is 24.3 Å². The molecule has 0 radical (unpaired) electrons. The molecule has 0 aliphatic heterocycles. The highest BCUT2D eigenvalue weighted by Crippen LogP contribution is 2.24. The number of benzene rings is 1. The Bertz CT molecular complexity index is 504. The molecule has 4 nitrogen and oxygen atoms in total. The molecule has 1 aliphatic rings. The summed E-state index contributed by atoms with van der Waals surface area (Å²) in [5.74, 6) is -0.0539. The highest BCUT2D eigenvalue weighted by Gasteiger charge is 2.24. The first-order chi connectivity index (χ1) is 7.36. The summed E-state index contributed by atoms with van der Waals surface area (Å²) < 4.78 is 0. The van der Waals surface area contributed by atoms with E-state index in [1.165, 1.54) is 0 Å². The Labute approximate surface area is 86.0 Å². The van der Waals surface area contributed by atoms with Crippen molar-refractivity contribution in [1.29, 1.82) is 0 Å². The van der Waals surface area contributed by atoms with Crippen molar-refractivity contribution >= 4 is 5.78 Å². The third-order valence-corrected chi connectivity index (χ3v) is 2.57. The second kappa shape index (κ2) is 2.95. The maximum absolute atomic E-state index is 12.0. The molecule has 0 N–H and O–H groups in total. The van der Waals surface area contributed by atoms with Gasteiger partial charge in [-0.2, -0.15) is 0 Å². The van der Waals surface area contributed by atoms with Gasteiger partial charge in [-0.3, -0.25) is 4.79 Å². The molecule has 4 heteroatoms. The fraction of sp³-hybridized carbons (Fsp3) is 0.0909. The van der Waals surface area contributed by atoms with E-state index in [1.807, 2.05) is 24.3 Å². The van der Waals surface area contributed by atoms with Crippen molar-refractivity contribution in [1.82, 2.24) is 15.4 Å². The van der Waals surface area contributed by atoms with E-state index in [0.29, 0.717) is 12.1 Å². The number of nitrogens with zero attached hydrogens (tertiary/aromatic N) is 3. The lowest BCUT2D eigenvalue weighted by molar-refractivity contribution is 0.102. The second-order valence-corrected chi connectivity index (χ2v) is 3.47. The van der Waals surface area contributed by atoms with Crippen LogP contribution in [0.5, 0.6) is 0 Å². The molecule has 0 fully saturated rings. The lowest BCUT2D eigenvalue weighted by Crippen LogP contribution is -2.17. The Kier molecular flexibility index (Phi) is 1.62. The molecule has 1 aromatic carbocycles. The number of carbonyl (C=O) groups excluding carboxylic acids is 1. The number of fused-ring (bicyclic) bond motifs is 2. The summed E-state index contributed by atoms with van der Waals surface area (Å²) in [5.41, 5.74) is 3.05. The average Bonchev–Trinajstić information content (AvgIpc) is 2.30. The molecule has 0 atom stereocenters. The third-order valence-electron chi connectivity index (χ3n) is 2.57. The van der Waals surface area contributed by atoms with Gasteiger partial charge < -0.3 is 0 Å². The minimum atomic E-state index is -0.0539. The van der Waals surface area contributed by atoms with Crippen molar-refractivity contribution in [2.75, 3.05) is 0 Å². The molecular weight excluding hydrogens is 190 g/mol. The number of hydrogen-bond acceptors (Lipinski definition) is 4. The van der Waals surface area contributed by atoms with Crippen LogP contribution < -0.4 is 0 Å². The van der Waals surface area contributed by atoms with E-state index >= 15 is 0 Å². The van der Waals surface area contributed by atoms with Gasteiger partial charge in [0.1, 0.15) is 5.69 Å². The molecule has 0 saturated heterocycles. The zero-order valence-corrected chi connectivity index (χ0v) is 7.84. The maximum atomic E-state index is 12.0. The van der Waals surface area contributed by atoms with Crippen molar-refractivity contribution in [3.05, 3.63) is 52.8 Å². The molecule has 1 aromatic heterocycles. The van der Waals surface area contributed by atoms with Crippen LogP contribution in [0.25, 0.3) is 0 Å². The molecule has 0 saturated carbocycles. The van der Waals surface area contributed by atoms with Crippen molar-refractivity contribution in [2.24, 2.45) is 0 Å². The molecule has 3 rings (SSSR count). The van der Waals surface area contributed by atoms with E-state index in [2.05, 4.69) is 15.4 Å². The first kappa shape index (κ1) is 8.23. The minimum absolute atomic E-state index is 0.0539. The largest absolute Gasteiger partial charge is 0.287 e. The van der Waals surface area contributed by atoms with E-state index < -0.39 is 0 Å². The van der Waals surface area contributed by atoms with Crippen molar-refractivity contribution in [3.8, 4) is 0 Å². The van der Waals surface area contributed by atoms with Crippen molar-refractivity contribution in [2.45, 2.75) is 6.42 Å². The van der Waals surface area contributed by atoms with Crippen LogP contribution in [0, 0.1) is 0 Å². The van der Waals surface area contributed by atoms with Gasteiger partial charge in [-0.05, 0) is 10.8 Å². The Morgan fingerprint density at radius 2 is 2.00 bits per heavy atom. The molecule has 0 amide bonds. The topological polar surface area (TPSA) is 55.7 Å². The van der Waals surface area contributed by atoms with Gasteiger partial charge in [0.2, 0.25) is 5.78 Å². The van der Waals surface area contributed by atoms with Gasteiger partial charge in [0.25, 0.3) is 0 Å². The van der Waals surface area contributed by atoms with Gasteiger partial charge in [0.05, 0.1) is 6.20 Å². The number of carbonyl (C=O) groups is 1. The molecule has 0 spiro atoms. The predicted molar refractivity (Wildman–Crippen MR) is 52.5 cm³/mol. The summed E-state index contributed by atoms with van der Waals surface area (Å²) >= 11 is 0. The highest BCUT2D eigenvalue weighted by molar-refractivity contribution is 6.10. The first-order valence-electron chi connectivity index (χ1n) is 4.66. The van der Waals surface area contributed by atoms with Crippen LogP contribution in [0.15, 0.2) is 30.5 Å². The van der Waals surface area contributed by atoms with Crippen molar-refractivity contribution < 1.29 is 4.79 Å². The zero-order valence-electron chi connectivity index (χ0n) is 7.84. The smallest absolute Gasteiger partial charge is 0.213 e. The van der Waals surface area contributed by atoms with Gasteiger partial charge >= 0.3 is 0 Å². The van der Waals surface area contributed by atoms with E-state index in [-0.39, 0.29) is 5.78 Å². The summed E-state index contributed by atoms with van der Waals surface area (Å²) in [7, 11) is 0. The summed E-state index contributed by atoms with van der Waals surface area (Å²) in [5, 5.41) is 11.0. The Hall–Kier alpha value is -2.10. The minimum Gasteiger partial charge on any atom is -0.287 e. The maximum Gasteiger partial charge on any atom is 0.213 e. The van der Waals surface area contributed by atoms with Gasteiger partial charge in [0.15, 0.2) is 0 Å². The summed E-state index contributed by atoms with van der Waals surface area (Å²) in [6, 6.07) is 7.56. The Balaban J connectivity index is 2.24. The quantitative estimate of drug-likeness (QED) is 0.539. The fourth-order valence-electron chi connectivity index (χ4n) is 1.84. The van der Waals surface area contributed by atoms with E-state index in [9.17, 15) is 4.79 Å². The van der Waals surface area contributed by atoms with E-state index in [1.54, 1.807) is 6.20 Å². The zero-order chi connectivity index (χ0) is 10.3. The molecule has 1 aliphatic carbocycles. The van der Waals surface area contributed by atoms with E-state index in [4.69, 9.17) is 0 Å². The van der Waals surface area contributed by atoms with Crippen LogP contribution >= 0.6 is 0 Å². The van der Waals surface area contributed by atoms with E-state index in [0.717, 1.165) is 16.7 Å². The summed E-state index contributed by atoms with van der Waals surface area (Å²) in [6.45, 7) is 0. The molecule has 15 heavy (non-hydrogen) atoms. The Morgan fingerprint density at radius 3 is 2.93 bits per heavy atom. The van der Waals surface area contributed by atoms with Crippen LogP contribution in [0.3, 0.4) is 0 Å². The standard InChI is InChI=1S/C11H7N3O/c15-11-9-4-2-1-3-7(9)5-8-6-12-14-13-10(8)11/h1-4,6H,5H2. The second-order valence-electron chi connectivity index (χ2n) is 3.47. The number of hydrogen-bond donors (Lipinski definition) is 0. The molecule has 72 valence electrons. The molecule has 2 aromatic rings. The van der Waals surface area contributed by atoms with Gasteiger partial charge in [-0.15, -0.1) is 10.2 Å². The normalized spacial score (nSPS) is 13.2. The number of aromatic nitrogens is 3. The van der Waals surface area contributed by atoms with Crippen molar-refractivity contribution in [3.63, 3.8) is 0 Å².